The topological polar surface area (TPSA) is 110 Å². The minimum atomic E-state index is -3.88. The number of anilines is 2. The predicted molar refractivity (Wildman–Crippen MR) is 111 cm³/mol. The molecule has 28 heavy (non-hydrogen) atoms. The number of hydrogen-bond acceptors (Lipinski definition) is 6. The van der Waals surface area contributed by atoms with Crippen LogP contribution < -0.4 is 9.62 Å². The fraction of sp³-hybridized carbons (Fsp3) is 0.278. The van der Waals surface area contributed by atoms with Gasteiger partial charge in [0, 0.05) is 22.7 Å². The summed E-state index contributed by atoms with van der Waals surface area (Å²) in [5, 5.41) is 13.8. The zero-order chi connectivity index (χ0) is 20.9. The Labute approximate surface area is 168 Å². The second kappa shape index (κ2) is 9.07. The molecule has 2 aromatic rings. The zero-order valence-corrected chi connectivity index (χ0v) is 17.3. The number of hydrogen-bond donors (Lipinski definition) is 1. The first kappa shape index (κ1) is 21.7. The Morgan fingerprint density at radius 1 is 1.25 bits per heavy atom. The van der Waals surface area contributed by atoms with E-state index in [0.717, 1.165) is 21.5 Å². The summed E-state index contributed by atoms with van der Waals surface area (Å²) in [4.78, 5) is 24.3. The molecule has 2 aromatic carbocycles. The van der Waals surface area contributed by atoms with Crippen LogP contribution in [0.2, 0.25) is 0 Å². The number of carbonyl (C=O) groups excluding carboxylic acids is 1. The number of benzene rings is 2. The van der Waals surface area contributed by atoms with E-state index in [4.69, 9.17) is 0 Å². The summed E-state index contributed by atoms with van der Waals surface area (Å²) in [5.41, 5.74) is 0.355. The number of thioether (sulfide) groups is 1. The molecule has 0 radical (unpaired) electrons. The number of carbonyl (C=O) groups is 1. The van der Waals surface area contributed by atoms with E-state index in [1.165, 1.54) is 30.0 Å². The lowest BCUT2D eigenvalue weighted by molar-refractivity contribution is -0.384. The van der Waals surface area contributed by atoms with Crippen molar-refractivity contribution in [3.8, 4) is 0 Å². The number of sulfonamides is 1. The molecule has 0 fully saturated rings. The van der Waals surface area contributed by atoms with Crippen molar-refractivity contribution in [1.29, 1.82) is 0 Å². The molecular formula is C18H21N3O5S2. The lowest BCUT2D eigenvalue weighted by Gasteiger charge is -2.30. The summed E-state index contributed by atoms with van der Waals surface area (Å²) in [6.45, 7) is 1.68. The van der Waals surface area contributed by atoms with Crippen molar-refractivity contribution in [1.82, 2.24) is 0 Å². The molecule has 0 bridgehead atoms. The molecular weight excluding hydrogens is 402 g/mol. The van der Waals surface area contributed by atoms with E-state index in [-0.39, 0.29) is 17.8 Å². The second-order valence-corrected chi connectivity index (χ2v) is 8.72. The average Bonchev–Trinajstić information content (AvgIpc) is 2.65. The third-order valence-corrected chi connectivity index (χ3v) is 5.87. The quantitative estimate of drug-likeness (QED) is 0.395. The smallest absolute Gasteiger partial charge is 0.271 e. The van der Waals surface area contributed by atoms with Gasteiger partial charge < -0.3 is 5.32 Å². The van der Waals surface area contributed by atoms with Gasteiger partial charge in [-0.05, 0) is 36.9 Å². The van der Waals surface area contributed by atoms with Crippen molar-refractivity contribution in [2.45, 2.75) is 24.3 Å². The number of rotatable bonds is 8. The van der Waals surface area contributed by atoms with E-state index < -0.39 is 26.9 Å². The van der Waals surface area contributed by atoms with Crippen LogP contribution in [0.4, 0.5) is 17.1 Å². The van der Waals surface area contributed by atoms with Crippen molar-refractivity contribution in [2.75, 3.05) is 22.1 Å². The second-order valence-electron chi connectivity index (χ2n) is 5.98. The highest BCUT2D eigenvalue weighted by Gasteiger charge is 2.32. The third kappa shape index (κ3) is 5.23. The maximum atomic E-state index is 12.9. The highest BCUT2D eigenvalue weighted by molar-refractivity contribution is 7.98. The Bertz CT molecular complexity index is 979. The summed E-state index contributed by atoms with van der Waals surface area (Å²) >= 11 is 1.51. The molecule has 8 nitrogen and oxygen atoms in total. The molecule has 10 heteroatoms. The first-order valence-corrected chi connectivity index (χ1v) is 11.4. The minimum Gasteiger partial charge on any atom is -0.324 e. The fourth-order valence-corrected chi connectivity index (χ4v) is 4.39. The number of nitrogens with zero attached hydrogens (tertiary/aromatic N) is 2. The SMILES string of the molecule is CC[C@@H](C(=O)Nc1cccc(SC)c1)N(c1cccc([N+](=O)[O-])c1)S(C)(=O)=O. The molecule has 0 spiro atoms. The average molecular weight is 424 g/mol. The summed E-state index contributed by atoms with van der Waals surface area (Å²) in [6, 6.07) is 11.3. The van der Waals surface area contributed by atoms with Crippen LogP contribution in [-0.4, -0.2) is 37.8 Å². The van der Waals surface area contributed by atoms with Crippen LogP contribution in [0.3, 0.4) is 0 Å². The standard InChI is InChI=1S/C18H21N3O5S2/c1-4-17(18(22)19-13-7-5-10-16(11-13)27-2)20(28(3,25)26)14-8-6-9-15(12-14)21(23)24/h5-12,17H,4H2,1-3H3,(H,19,22)/t17-/m0/s1. The summed E-state index contributed by atoms with van der Waals surface area (Å²) < 4.78 is 25.8. The van der Waals surface area contributed by atoms with E-state index in [9.17, 15) is 23.3 Å². The van der Waals surface area contributed by atoms with Gasteiger partial charge in [-0.3, -0.25) is 19.2 Å². The molecule has 0 unspecified atom stereocenters. The Kier molecular flexibility index (Phi) is 7.03. The summed E-state index contributed by atoms with van der Waals surface area (Å²) in [7, 11) is -3.88. The number of amides is 1. The Balaban J connectivity index is 2.41. The molecule has 1 N–H and O–H groups in total. The number of nitro benzene ring substituents is 1. The molecule has 1 amide bonds. The molecule has 0 aliphatic heterocycles. The third-order valence-electron chi connectivity index (χ3n) is 3.96. The van der Waals surface area contributed by atoms with Gasteiger partial charge in [0.25, 0.3) is 5.69 Å². The number of non-ortho nitro benzene ring substituents is 1. The number of nitrogens with one attached hydrogen (secondary N) is 1. The van der Waals surface area contributed by atoms with Gasteiger partial charge in [0.2, 0.25) is 15.9 Å². The molecule has 0 saturated carbocycles. The Morgan fingerprint density at radius 3 is 2.50 bits per heavy atom. The molecule has 0 heterocycles. The highest BCUT2D eigenvalue weighted by atomic mass is 32.2. The molecule has 0 aliphatic carbocycles. The maximum absolute atomic E-state index is 12.9. The van der Waals surface area contributed by atoms with Gasteiger partial charge in [0.1, 0.15) is 6.04 Å². The lowest BCUT2D eigenvalue weighted by atomic mass is 10.1. The molecule has 1 atom stereocenters. The van der Waals surface area contributed by atoms with Crippen LogP contribution in [-0.2, 0) is 14.8 Å². The van der Waals surface area contributed by atoms with Crippen molar-refractivity contribution in [3.05, 3.63) is 58.6 Å². The van der Waals surface area contributed by atoms with E-state index in [0.29, 0.717) is 5.69 Å². The van der Waals surface area contributed by atoms with Crippen molar-refractivity contribution < 1.29 is 18.1 Å². The molecule has 2 rings (SSSR count). The van der Waals surface area contributed by atoms with Gasteiger partial charge in [-0.25, -0.2) is 8.42 Å². The van der Waals surface area contributed by atoms with Gasteiger partial charge in [0.05, 0.1) is 16.9 Å². The van der Waals surface area contributed by atoms with Crippen LogP contribution in [0.1, 0.15) is 13.3 Å². The van der Waals surface area contributed by atoms with Crippen LogP contribution in [0.5, 0.6) is 0 Å². The fourth-order valence-electron chi connectivity index (χ4n) is 2.73. The van der Waals surface area contributed by atoms with Gasteiger partial charge in [0.15, 0.2) is 0 Å². The summed E-state index contributed by atoms with van der Waals surface area (Å²) in [5.74, 6) is -0.516. The largest absolute Gasteiger partial charge is 0.324 e. The van der Waals surface area contributed by atoms with Crippen molar-refractivity contribution in [3.63, 3.8) is 0 Å². The Morgan fingerprint density at radius 2 is 1.93 bits per heavy atom. The highest BCUT2D eigenvalue weighted by Crippen LogP contribution is 2.27. The van der Waals surface area contributed by atoms with E-state index in [1.54, 1.807) is 25.1 Å². The molecule has 0 aliphatic rings. The lowest BCUT2D eigenvalue weighted by Crippen LogP contribution is -2.47. The van der Waals surface area contributed by atoms with Crippen molar-refractivity contribution in [2.24, 2.45) is 0 Å². The van der Waals surface area contributed by atoms with Crippen LogP contribution in [0.15, 0.2) is 53.4 Å². The predicted octanol–water partition coefficient (Wildman–Crippen LogP) is 3.50. The van der Waals surface area contributed by atoms with E-state index >= 15 is 0 Å². The minimum absolute atomic E-state index is 0.0663. The first-order valence-electron chi connectivity index (χ1n) is 8.36. The molecule has 0 saturated heterocycles. The maximum Gasteiger partial charge on any atom is 0.271 e. The van der Waals surface area contributed by atoms with Gasteiger partial charge in [-0.15, -0.1) is 11.8 Å². The van der Waals surface area contributed by atoms with Crippen molar-refractivity contribution >= 4 is 44.8 Å². The van der Waals surface area contributed by atoms with Gasteiger partial charge in [-0.1, -0.05) is 19.1 Å². The van der Waals surface area contributed by atoms with E-state index in [2.05, 4.69) is 5.32 Å². The van der Waals surface area contributed by atoms with Gasteiger partial charge >= 0.3 is 0 Å². The number of nitro groups is 1. The van der Waals surface area contributed by atoms with Crippen LogP contribution in [0.25, 0.3) is 0 Å². The Hall–Kier alpha value is -2.59. The van der Waals surface area contributed by atoms with Gasteiger partial charge in [-0.2, -0.15) is 0 Å². The van der Waals surface area contributed by atoms with Crippen LogP contribution in [0, 0.1) is 10.1 Å². The van der Waals surface area contributed by atoms with E-state index in [1.807, 2.05) is 12.3 Å². The normalized spacial score (nSPS) is 12.2. The molecule has 0 aromatic heterocycles. The monoisotopic (exact) mass is 423 g/mol. The summed E-state index contributed by atoms with van der Waals surface area (Å²) in [6.07, 6.45) is 3.06. The zero-order valence-electron chi connectivity index (χ0n) is 15.7. The molecule has 150 valence electrons. The van der Waals surface area contributed by atoms with Crippen LogP contribution >= 0.6 is 11.8 Å². The first-order chi connectivity index (χ1) is 13.2.